The number of ether oxygens (including phenoxy) is 3. The second kappa shape index (κ2) is 14.0. The molecule has 31 heavy (non-hydrogen) atoms. The Balaban J connectivity index is 0.00000240. The summed E-state index contributed by atoms with van der Waals surface area (Å²) in [5.41, 5.74) is 3.27. The predicted molar refractivity (Wildman–Crippen MR) is 129 cm³/mol. The fourth-order valence-electron chi connectivity index (χ4n) is 2.80. The van der Waals surface area contributed by atoms with Crippen molar-refractivity contribution in [3.05, 3.63) is 82.6 Å². The number of nitrogens with one attached hydrogen (secondary N) is 1. The molecule has 168 valence electrons. The number of nitrogens with zero attached hydrogens (tertiary/aromatic N) is 1. The van der Waals surface area contributed by atoms with E-state index < -0.39 is 0 Å². The topological polar surface area (TPSA) is 52.6 Å². The van der Waals surface area contributed by atoms with Crippen molar-refractivity contribution in [2.45, 2.75) is 26.6 Å². The van der Waals surface area contributed by atoms with E-state index >= 15 is 0 Å². The lowest BCUT2D eigenvalue weighted by atomic mass is 10.1. The van der Waals surface area contributed by atoms with Crippen LogP contribution in [-0.2, 0) is 19.7 Å². The van der Waals surface area contributed by atoms with E-state index in [1.54, 1.807) is 19.4 Å². The third kappa shape index (κ3) is 8.46. The van der Waals surface area contributed by atoms with Gasteiger partial charge in [0.2, 0.25) is 0 Å². The molecule has 0 aliphatic heterocycles. The van der Waals surface area contributed by atoms with Gasteiger partial charge in [0, 0.05) is 24.8 Å². The SMILES string of the molecule is CCOc1cc(CNCc2ccc(OC)cc2)ccc1OCc1ccc(Cl)nc1.Cl.Cl. The third-order valence-electron chi connectivity index (χ3n) is 4.31. The van der Waals surface area contributed by atoms with Gasteiger partial charge in [0.1, 0.15) is 17.5 Å². The first kappa shape index (κ1) is 26.9. The number of halogens is 3. The molecular weight excluding hydrogens is 459 g/mol. The van der Waals surface area contributed by atoms with Crippen molar-refractivity contribution in [2.24, 2.45) is 0 Å². The Labute approximate surface area is 200 Å². The van der Waals surface area contributed by atoms with Gasteiger partial charge in [-0.2, -0.15) is 0 Å². The molecule has 0 spiro atoms. The second-order valence-corrected chi connectivity index (χ2v) is 6.83. The fraction of sp³-hybridized carbons (Fsp3) is 0.261. The van der Waals surface area contributed by atoms with Crippen molar-refractivity contribution in [3.8, 4) is 17.2 Å². The number of aromatic nitrogens is 1. The molecule has 0 bridgehead atoms. The molecule has 0 aliphatic rings. The molecule has 1 aromatic heterocycles. The highest BCUT2D eigenvalue weighted by Crippen LogP contribution is 2.29. The molecule has 0 aliphatic carbocycles. The van der Waals surface area contributed by atoms with Gasteiger partial charge in [-0.25, -0.2) is 4.98 Å². The highest BCUT2D eigenvalue weighted by Gasteiger charge is 2.08. The molecule has 5 nitrogen and oxygen atoms in total. The van der Waals surface area contributed by atoms with Crippen molar-refractivity contribution in [2.75, 3.05) is 13.7 Å². The zero-order chi connectivity index (χ0) is 20.5. The summed E-state index contributed by atoms with van der Waals surface area (Å²) in [4.78, 5) is 4.07. The molecule has 0 radical (unpaired) electrons. The highest BCUT2D eigenvalue weighted by atomic mass is 35.5. The van der Waals surface area contributed by atoms with Crippen LogP contribution in [0.5, 0.6) is 17.2 Å². The number of pyridine rings is 1. The average molecular weight is 486 g/mol. The van der Waals surface area contributed by atoms with Crippen LogP contribution in [-0.4, -0.2) is 18.7 Å². The van der Waals surface area contributed by atoms with E-state index in [1.165, 1.54) is 5.56 Å². The van der Waals surface area contributed by atoms with Crippen LogP contribution in [0.15, 0.2) is 60.8 Å². The lowest BCUT2D eigenvalue weighted by Gasteiger charge is -2.14. The fourth-order valence-corrected chi connectivity index (χ4v) is 2.91. The normalized spacial score (nSPS) is 9.90. The van der Waals surface area contributed by atoms with E-state index in [9.17, 15) is 0 Å². The summed E-state index contributed by atoms with van der Waals surface area (Å²) in [6, 6.07) is 17.7. The van der Waals surface area contributed by atoms with Crippen LogP contribution in [0.2, 0.25) is 5.15 Å². The van der Waals surface area contributed by atoms with Crippen molar-refractivity contribution in [1.29, 1.82) is 0 Å². The van der Waals surface area contributed by atoms with Crippen molar-refractivity contribution >= 4 is 36.4 Å². The van der Waals surface area contributed by atoms with Crippen LogP contribution in [0, 0.1) is 0 Å². The molecule has 1 heterocycles. The maximum Gasteiger partial charge on any atom is 0.161 e. The van der Waals surface area contributed by atoms with E-state index in [1.807, 2.05) is 43.3 Å². The lowest BCUT2D eigenvalue weighted by Crippen LogP contribution is -2.13. The summed E-state index contributed by atoms with van der Waals surface area (Å²) >= 11 is 5.82. The molecule has 0 unspecified atom stereocenters. The molecule has 0 fully saturated rings. The van der Waals surface area contributed by atoms with Crippen molar-refractivity contribution in [3.63, 3.8) is 0 Å². The Morgan fingerprint density at radius 2 is 1.52 bits per heavy atom. The van der Waals surface area contributed by atoms with Crippen LogP contribution in [0.25, 0.3) is 0 Å². The van der Waals surface area contributed by atoms with Crippen LogP contribution >= 0.6 is 36.4 Å². The van der Waals surface area contributed by atoms with Gasteiger partial charge in [0.25, 0.3) is 0 Å². The standard InChI is InChI=1S/C23H25ClN2O3.2ClH/c1-3-28-22-12-18(14-25-13-17-4-8-20(27-2)9-5-17)6-10-21(22)29-16-19-7-11-23(24)26-15-19;;/h4-12,15,25H,3,13-14,16H2,1-2H3;2*1H. The molecule has 0 atom stereocenters. The second-order valence-electron chi connectivity index (χ2n) is 6.44. The molecule has 0 saturated heterocycles. The Hall–Kier alpha value is -2.18. The maximum absolute atomic E-state index is 5.93. The highest BCUT2D eigenvalue weighted by molar-refractivity contribution is 6.29. The smallest absolute Gasteiger partial charge is 0.161 e. The van der Waals surface area contributed by atoms with Crippen molar-refractivity contribution < 1.29 is 14.2 Å². The first-order valence-electron chi connectivity index (χ1n) is 9.50. The van der Waals surface area contributed by atoms with E-state index in [-0.39, 0.29) is 24.8 Å². The first-order chi connectivity index (χ1) is 14.2. The number of benzene rings is 2. The summed E-state index contributed by atoms with van der Waals surface area (Å²) < 4.78 is 16.9. The van der Waals surface area contributed by atoms with Gasteiger partial charge >= 0.3 is 0 Å². The van der Waals surface area contributed by atoms with Gasteiger partial charge in [-0.1, -0.05) is 35.9 Å². The molecule has 3 rings (SSSR count). The Morgan fingerprint density at radius 3 is 2.16 bits per heavy atom. The number of methoxy groups -OCH3 is 1. The Bertz CT molecular complexity index is 907. The Kier molecular flexibility index (Phi) is 12.1. The van der Waals surface area contributed by atoms with Crippen LogP contribution < -0.4 is 19.5 Å². The summed E-state index contributed by atoms with van der Waals surface area (Å²) in [6.07, 6.45) is 1.71. The van der Waals surface area contributed by atoms with Gasteiger partial charge < -0.3 is 19.5 Å². The van der Waals surface area contributed by atoms with Crippen molar-refractivity contribution in [1.82, 2.24) is 10.3 Å². The zero-order valence-electron chi connectivity index (χ0n) is 17.5. The molecule has 2 aromatic carbocycles. The third-order valence-corrected chi connectivity index (χ3v) is 4.53. The lowest BCUT2D eigenvalue weighted by molar-refractivity contribution is 0.269. The van der Waals surface area contributed by atoms with Crippen LogP contribution in [0.1, 0.15) is 23.6 Å². The maximum atomic E-state index is 5.93. The van der Waals surface area contributed by atoms with Gasteiger partial charge in [0.15, 0.2) is 11.5 Å². The summed E-state index contributed by atoms with van der Waals surface area (Å²) in [6.45, 7) is 4.44. The quantitative estimate of drug-likeness (QED) is 0.365. The van der Waals surface area contributed by atoms with E-state index in [0.717, 1.165) is 35.7 Å². The molecule has 3 aromatic rings. The summed E-state index contributed by atoms with van der Waals surface area (Å²) in [7, 11) is 1.67. The zero-order valence-corrected chi connectivity index (χ0v) is 19.9. The van der Waals surface area contributed by atoms with E-state index in [0.29, 0.717) is 24.1 Å². The molecular formula is C23H27Cl3N2O3. The summed E-state index contributed by atoms with van der Waals surface area (Å²) in [5, 5.41) is 3.92. The van der Waals surface area contributed by atoms with Gasteiger partial charge in [-0.3, -0.25) is 0 Å². The molecule has 8 heteroatoms. The number of hydrogen-bond donors (Lipinski definition) is 1. The predicted octanol–water partition coefficient (Wildman–Crippen LogP) is 5.85. The van der Waals surface area contributed by atoms with Gasteiger partial charge in [-0.15, -0.1) is 24.8 Å². The first-order valence-corrected chi connectivity index (χ1v) is 9.88. The minimum Gasteiger partial charge on any atom is -0.497 e. The van der Waals surface area contributed by atoms with E-state index in [2.05, 4.69) is 22.4 Å². The summed E-state index contributed by atoms with van der Waals surface area (Å²) in [5.74, 6) is 2.30. The minimum absolute atomic E-state index is 0. The average Bonchev–Trinajstić information content (AvgIpc) is 2.75. The van der Waals surface area contributed by atoms with Crippen LogP contribution in [0.3, 0.4) is 0 Å². The molecule has 0 amide bonds. The van der Waals surface area contributed by atoms with Crippen LogP contribution in [0.4, 0.5) is 0 Å². The minimum atomic E-state index is 0. The van der Waals surface area contributed by atoms with Gasteiger partial charge in [0.05, 0.1) is 13.7 Å². The Morgan fingerprint density at radius 1 is 0.839 bits per heavy atom. The monoisotopic (exact) mass is 484 g/mol. The largest absolute Gasteiger partial charge is 0.497 e. The molecule has 0 saturated carbocycles. The number of hydrogen-bond acceptors (Lipinski definition) is 5. The molecule has 1 N–H and O–H groups in total. The number of rotatable bonds is 10. The van der Waals surface area contributed by atoms with E-state index in [4.69, 9.17) is 25.8 Å². The van der Waals surface area contributed by atoms with Gasteiger partial charge in [-0.05, 0) is 48.4 Å².